The Morgan fingerprint density at radius 3 is 2.29 bits per heavy atom. The van der Waals surface area contributed by atoms with Crippen LogP contribution in [0.3, 0.4) is 0 Å². The summed E-state index contributed by atoms with van der Waals surface area (Å²) in [5, 5.41) is 35.7. The number of benzene rings is 3. The normalized spacial score (nSPS) is 17.8. The number of ether oxygens (including phenoxy) is 1. The third kappa shape index (κ3) is 7.58. The van der Waals surface area contributed by atoms with Gasteiger partial charge in [-0.25, -0.2) is 13.2 Å². The molecule has 1 amide bonds. The summed E-state index contributed by atoms with van der Waals surface area (Å²) >= 11 is 0. The average Bonchev–Trinajstić information content (AvgIpc) is 3.34. The number of phenolic OH excluding ortho intramolecular Hbond substituents is 1. The Morgan fingerprint density at radius 1 is 1.00 bits per heavy atom. The minimum atomic E-state index is -3.98. The number of aliphatic hydroxyl groups is 2. The molecular weight excluding hydrogens is 560 g/mol. The Labute approximate surface area is 246 Å². The molecule has 1 unspecified atom stereocenters. The fraction of sp³-hybridized carbons (Fsp3) is 0.367. The van der Waals surface area contributed by atoms with Gasteiger partial charge in [-0.15, -0.1) is 0 Å². The van der Waals surface area contributed by atoms with E-state index in [9.17, 15) is 28.5 Å². The molecule has 11 nitrogen and oxygen atoms in total. The summed E-state index contributed by atoms with van der Waals surface area (Å²) < 4.78 is 33.8. The summed E-state index contributed by atoms with van der Waals surface area (Å²) in [6.45, 7) is 3.61. The first-order valence-electron chi connectivity index (χ1n) is 13.7. The van der Waals surface area contributed by atoms with Crippen molar-refractivity contribution in [2.75, 3.05) is 30.3 Å². The summed E-state index contributed by atoms with van der Waals surface area (Å²) in [5.41, 5.74) is 7.27. The van der Waals surface area contributed by atoms with Gasteiger partial charge < -0.3 is 25.8 Å². The summed E-state index contributed by atoms with van der Waals surface area (Å²) in [6, 6.07) is 20.6. The van der Waals surface area contributed by atoms with Crippen molar-refractivity contribution < 1.29 is 33.3 Å². The number of sulfonamides is 1. The van der Waals surface area contributed by atoms with Crippen molar-refractivity contribution in [3.8, 4) is 5.75 Å². The Balaban J connectivity index is 1.55. The predicted octanol–water partition coefficient (Wildman–Crippen LogP) is 2.53. The van der Waals surface area contributed by atoms with E-state index in [2.05, 4.69) is 5.32 Å². The van der Waals surface area contributed by atoms with Crippen LogP contribution < -0.4 is 16.0 Å². The minimum Gasteiger partial charge on any atom is -0.506 e. The van der Waals surface area contributed by atoms with Crippen LogP contribution in [0.4, 0.5) is 16.2 Å². The van der Waals surface area contributed by atoms with Crippen LogP contribution >= 0.6 is 0 Å². The average molecular weight is 599 g/mol. The lowest BCUT2D eigenvalue weighted by Gasteiger charge is -2.32. The largest absolute Gasteiger partial charge is 0.506 e. The number of amides is 1. The van der Waals surface area contributed by atoms with Crippen LogP contribution in [0, 0.1) is 5.92 Å². The Hall–Kier alpha value is -3.68. The van der Waals surface area contributed by atoms with E-state index in [4.69, 9.17) is 10.5 Å². The van der Waals surface area contributed by atoms with E-state index in [1.54, 1.807) is 18.2 Å². The molecule has 4 atom stereocenters. The van der Waals surface area contributed by atoms with Gasteiger partial charge in [-0.05, 0) is 54.3 Å². The van der Waals surface area contributed by atoms with Crippen molar-refractivity contribution in [2.45, 2.75) is 49.6 Å². The van der Waals surface area contributed by atoms with E-state index >= 15 is 0 Å². The first-order valence-corrected chi connectivity index (χ1v) is 15.2. The molecule has 1 aliphatic rings. The Bertz CT molecular complexity index is 1440. The van der Waals surface area contributed by atoms with Crippen molar-refractivity contribution in [3.05, 3.63) is 84.4 Å². The molecule has 0 radical (unpaired) electrons. The summed E-state index contributed by atoms with van der Waals surface area (Å²) in [4.78, 5) is 13.9. The number of phenols is 1. The summed E-state index contributed by atoms with van der Waals surface area (Å²) in [5.74, 6) is -0.146. The van der Waals surface area contributed by atoms with Gasteiger partial charge in [0.25, 0.3) is 0 Å². The Kier molecular flexibility index (Phi) is 10.1. The molecule has 42 heavy (non-hydrogen) atoms. The van der Waals surface area contributed by atoms with E-state index < -0.39 is 40.6 Å². The number of rotatable bonds is 13. The maximum atomic E-state index is 13.6. The van der Waals surface area contributed by atoms with Crippen molar-refractivity contribution in [1.29, 1.82) is 0 Å². The highest BCUT2D eigenvalue weighted by Crippen LogP contribution is 2.30. The minimum absolute atomic E-state index is 0.0369. The molecule has 4 rings (SSSR count). The number of nitrogens with one attached hydrogen (secondary N) is 1. The van der Waals surface area contributed by atoms with Crippen molar-refractivity contribution in [2.24, 2.45) is 5.92 Å². The van der Waals surface area contributed by atoms with Crippen LogP contribution in [0.2, 0.25) is 0 Å². The molecule has 12 heteroatoms. The molecule has 0 saturated carbocycles. The zero-order chi connectivity index (χ0) is 30.4. The SMILES string of the molecule is CC(C)CN(C[C@@H](O)[C@H](Cc1ccccc1)NC(O)[C@@H]1CN(c2ccccc2O)C(=O)O1)S(=O)(=O)c1ccc(N)cc1. The van der Waals surface area contributed by atoms with E-state index in [-0.39, 0.29) is 48.3 Å². The maximum Gasteiger partial charge on any atom is 0.415 e. The monoisotopic (exact) mass is 598 g/mol. The van der Waals surface area contributed by atoms with Gasteiger partial charge in [-0.1, -0.05) is 56.3 Å². The van der Waals surface area contributed by atoms with Crippen molar-refractivity contribution in [1.82, 2.24) is 9.62 Å². The standard InChI is InChI=1S/C30H38N4O7S/c1-20(2)17-33(42(39,40)23-14-12-22(31)13-15-23)18-27(36)24(16-21-8-4-3-5-9-21)32-29(37)28-19-34(30(38)41-28)25-10-6-7-11-26(25)35/h3-15,20,24,27-29,32,35-37H,16-19,31H2,1-2H3/t24-,27+,28-,29?/m0/s1. The second-order valence-corrected chi connectivity index (χ2v) is 12.7. The smallest absolute Gasteiger partial charge is 0.415 e. The number of nitrogens with two attached hydrogens (primary N) is 1. The molecular formula is C30H38N4O7S. The molecule has 1 saturated heterocycles. The summed E-state index contributed by atoms with van der Waals surface area (Å²) in [6.07, 6.45) is -4.16. The number of anilines is 2. The number of aliphatic hydroxyl groups excluding tert-OH is 2. The van der Waals surface area contributed by atoms with Crippen LogP contribution in [0.5, 0.6) is 5.75 Å². The molecule has 226 valence electrons. The number of carbonyl (C=O) groups is 1. The van der Waals surface area contributed by atoms with Gasteiger partial charge >= 0.3 is 6.09 Å². The van der Waals surface area contributed by atoms with Gasteiger partial charge in [-0.2, -0.15) is 4.31 Å². The van der Waals surface area contributed by atoms with Gasteiger partial charge in [0.15, 0.2) is 6.10 Å². The van der Waals surface area contributed by atoms with Crippen LogP contribution in [-0.2, 0) is 21.2 Å². The number of hydrogen-bond acceptors (Lipinski definition) is 9. The first-order chi connectivity index (χ1) is 20.0. The van der Waals surface area contributed by atoms with E-state index in [0.717, 1.165) is 5.56 Å². The van der Waals surface area contributed by atoms with Gasteiger partial charge in [0, 0.05) is 24.8 Å². The van der Waals surface area contributed by atoms with Gasteiger partial charge in [0.1, 0.15) is 12.0 Å². The van der Waals surface area contributed by atoms with Crippen molar-refractivity contribution >= 4 is 27.5 Å². The second-order valence-electron chi connectivity index (χ2n) is 10.8. The Morgan fingerprint density at radius 2 is 1.64 bits per heavy atom. The predicted molar refractivity (Wildman–Crippen MR) is 159 cm³/mol. The fourth-order valence-corrected chi connectivity index (χ4v) is 6.46. The molecule has 0 aromatic heterocycles. The van der Waals surface area contributed by atoms with Gasteiger partial charge in [0.05, 0.1) is 23.2 Å². The third-order valence-electron chi connectivity index (χ3n) is 6.98. The lowest BCUT2D eigenvalue weighted by Crippen LogP contribution is -2.55. The lowest BCUT2D eigenvalue weighted by atomic mass is 10.00. The zero-order valence-corrected chi connectivity index (χ0v) is 24.4. The van der Waals surface area contributed by atoms with Crippen LogP contribution in [0.25, 0.3) is 0 Å². The second kappa shape index (κ2) is 13.5. The molecule has 0 spiro atoms. The molecule has 0 aliphatic carbocycles. The third-order valence-corrected chi connectivity index (χ3v) is 8.83. The van der Waals surface area contributed by atoms with E-state index in [0.29, 0.717) is 5.69 Å². The number of nitrogens with zero attached hydrogens (tertiary/aromatic N) is 2. The molecule has 1 heterocycles. The number of cyclic esters (lactones) is 1. The van der Waals surface area contributed by atoms with Crippen LogP contribution in [-0.4, -0.2) is 78.2 Å². The quantitative estimate of drug-likeness (QED) is 0.147. The number of hydrogen-bond donors (Lipinski definition) is 5. The van der Waals surface area contributed by atoms with E-state index in [1.807, 2.05) is 44.2 Å². The number of aromatic hydroxyl groups is 1. The molecule has 0 bridgehead atoms. The van der Waals surface area contributed by atoms with Gasteiger partial charge in [-0.3, -0.25) is 10.2 Å². The van der Waals surface area contributed by atoms with Crippen molar-refractivity contribution in [3.63, 3.8) is 0 Å². The van der Waals surface area contributed by atoms with Gasteiger partial charge in [0.2, 0.25) is 10.0 Å². The molecule has 6 N–H and O–H groups in total. The highest BCUT2D eigenvalue weighted by Gasteiger charge is 2.40. The number of carbonyl (C=O) groups excluding carboxylic acids is 1. The number of nitrogen functional groups attached to an aromatic ring is 1. The zero-order valence-electron chi connectivity index (χ0n) is 23.6. The highest BCUT2D eigenvalue weighted by molar-refractivity contribution is 7.89. The molecule has 3 aromatic rings. The van der Waals surface area contributed by atoms with Crippen LogP contribution in [0.1, 0.15) is 19.4 Å². The molecule has 1 fully saturated rings. The van der Waals surface area contributed by atoms with Crippen LogP contribution in [0.15, 0.2) is 83.8 Å². The fourth-order valence-electron chi connectivity index (χ4n) is 4.84. The summed E-state index contributed by atoms with van der Waals surface area (Å²) in [7, 11) is -3.98. The maximum absolute atomic E-state index is 13.6. The number of para-hydroxylation sites is 2. The molecule has 3 aromatic carbocycles. The lowest BCUT2D eigenvalue weighted by molar-refractivity contribution is -0.0119. The molecule has 1 aliphatic heterocycles. The van der Waals surface area contributed by atoms with E-state index in [1.165, 1.54) is 39.5 Å². The first kappa shape index (κ1) is 31.3. The topological polar surface area (TPSA) is 166 Å². The highest BCUT2D eigenvalue weighted by atomic mass is 32.2.